The highest BCUT2D eigenvalue weighted by molar-refractivity contribution is 5.94. The molecule has 6 heteroatoms. The van der Waals surface area contributed by atoms with E-state index in [1.165, 1.54) is 0 Å². The number of carbonyl (C=O) groups is 2. The molecular formula is C11H24N4O2. The number of hydrogen-bond donors (Lipinski definition) is 3. The van der Waals surface area contributed by atoms with Crippen LogP contribution in [0.1, 0.15) is 27.7 Å². The lowest BCUT2D eigenvalue weighted by Crippen LogP contribution is -2.44. The maximum absolute atomic E-state index is 11.1. The average molecular weight is 244 g/mol. The number of primary amides is 1. The molecule has 0 atom stereocenters. The van der Waals surface area contributed by atoms with Gasteiger partial charge in [0.25, 0.3) is 0 Å². The van der Waals surface area contributed by atoms with E-state index in [-0.39, 0.29) is 6.54 Å². The Bertz CT molecular complexity index is 246. The summed E-state index contributed by atoms with van der Waals surface area (Å²) >= 11 is 0. The van der Waals surface area contributed by atoms with Crippen molar-refractivity contribution >= 4 is 11.9 Å². The Labute approximate surface area is 103 Å². The number of carbonyl (C=O) groups excluding carboxylic acids is 2. The monoisotopic (exact) mass is 244 g/mol. The predicted molar refractivity (Wildman–Crippen MR) is 67.6 cm³/mol. The van der Waals surface area contributed by atoms with E-state index in [2.05, 4.69) is 37.9 Å². The Balaban J connectivity index is 3.75. The van der Waals surface area contributed by atoms with Gasteiger partial charge >= 0.3 is 6.03 Å². The zero-order valence-corrected chi connectivity index (χ0v) is 11.1. The molecule has 17 heavy (non-hydrogen) atoms. The van der Waals surface area contributed by atoms with Gasteiger partial charge in [0.1, 0.15) is 0 Å². The summed E-state index contributed by atoms with van der Waals surface area (Å²) in [6, 6.07) is 0.121. The summed E-state index contributed by atoms with van der Waals surface area (Å²) in [5.41, 5.74) is 4.82. The maximum Gasteiger partial charge on any atom is 0.318 e. The number of nitrogens with zero attached hydrogens (tertiary/aromatic N) is 1. The first-order valence-corrected chi connectivity index (χ1v) is 5.90. The van der Waals surface area contributed by atoms with Gasteiger partial charge in [-0.2, -0.15) is 0 Å². The Morgan fingerprint density at radius 2 is 1.71 bits per heavy atom. The summed E-state index contributed by atoms with van der Waals surface area (Å²) in [5, 5.41) is 4.97. The second-order valence-corrected chi connectivity index (χ2v) is 4.51. The molecular weight excluding hydrogens is 220 g/mol. The quantitative estimate of drug-likeness (QED) is 0.545. The van der Waals surface area contributed by atoms with Gasteiger partial charge in [-0.3, -0.25) is 15.0 Å². The largest absolute Gasteiger partial charge is 0.351 e. The predicted octanol–water partition coefficient (Wildman–Crippen LogP) is -0.110. The van der Waals surface area contributed by atoms with Gasteiger partial charge in [-0.1, -0.05) is 0 Å². The topological polar surface area (TPSA) is 87.5 Å². The first-order chi connectivity index (χ1) is 7.84. The van der Waals surface area contributed by atoms with Crippen LogP contribution in [0, 0.1) is 0 Å². The SMILES string of the molecule is CC(C)N(CCNCC(=O)NC(N)=O)C(C)C. The van der Waals surface area contributed by atoms with Crippen LogP contribution < -0.4 is 16.4 Å². The number of hydrogen-bond acceptors (Lipinski definition) is 4. The standard InChI is InChI=1S/C11H24N4O2/c1-8(2)15(9(3)4)6-5-13-7-10(16)14-11(12)17/h8-9,13H,5-7H2,1-4H3,(H3,12,14,16,17). The molecule has 0 spiro atoms. The number of amides is 3. The Morgan fingerprint density at radius 3 is 2.12 bits per heavy atom. The van der Waals surface area contributed by atoms with Crippen molar-refractivity contribution in [3.05, 3.63) is 0 Å². The van der Waals surface area contributed by atoms with E-state index in [4.69, 9.17) is 5.73 Å². The number of urea groups is 1. The zero-order valence-electron chi connectivity index (χ0n) is 11.1. The van der Waals surface area contributed by atoms with Crippen molar-refractivity contribution in [2.24, 2.45) is 5.73 Å². The summed E-state index contributed by atoms with van der Waals surface area (Å²) in [5.74, 6) is -0.404. The Morgan fingerprint density at radius 1 is 1.18 bits per heavy atom. The number of rotatable bonds is 7. The van der Waals surface area contributed by atoms with Crippen LogP contribution in [0.25, 0.3) is 0 Å². The van der Waals surface area contributed by atoms with Crippen LogP contribution in [0.15, 0.2) is 0 Å². The minimum atomic E-state index is -0.817. The minimum Gasteiger partial charge on any atom is -0.351 e. The van der Waals surface area contributed by atoms with E-state index < -0.39 is 11.9 Å². The third kappa shape index (κ3) is 7.70. The lowest BCUT2D eigenvalue weighted by Gasteiger charge is -2.30. The number of imide groups is 1. The van der Waals surface area contributed by atoms with Crippen LogP contribution in [-0.4, -0.2) is 48.6 Å². The van der Waals surface area contributed by atoms with E-state index in [0.717, 1.165) is 6.54 Å². The lowest BCUT2D eigenvalue weighted by molar-refractivity contribution is -0.119. The summed E-state index contributed by atoms with van der Waals surface area (Å²) in [4.78, 5) is 23.8. The van der Waals surface area contributed by atoms with Crippen LogP contribution in [0.3, 0.4) is 0 Å². The second-order valence-electron chi connectivity index (χ2n) is 4.51. The Hall–Kier alpha value is -1.14. The van der Waals surface area contributed by atoms with Crippen molar-refractivity contribution in [2.75, 3.05) is 19.6 Å². The van der Waals surface area contributed by atoms with Crippen LogP contribution in [0.5, 0.6) is 0 Å². The highest BCUT2D eigenvalue weighted by Crippen LogP contribution is 2.02. The molecule has 0 saturated heterocycles. The molecule has 0 saturated carbocycles. The highest BCUT2D eigenvalue weighted by atomic mass is 16.2. The fourth-order valence-corrected chi connectivity index (χ4v) is 1.70. The second kappa shape index (κ2) is 8.03. The van der Waals surface area contributed by atoms with Crippen LogP contribution in [-0.2, 0) is 4.79 Å². The average Bonchev–Trinajstić information content (AvgIpc) is 2.14. The molecule has 0 bridgehead atoms. The normalized spacial score (nSPS) is 11.2. The first kappa shape index (κ1) is 15.9. The molecule has 0 aliphatic rings. The van der Waals surface area contributed by atoms with Crippen LogP contribution in [0.4, 0.5) is 4.79 Å². The molecule has 0 aliphatic heterocycles. The lowest BCUT2D eigenvalue weighted by atomic mass is 10.2. The molecule has 0 radical (unpaired) electrons. The van der Waals surface area contributed by atoms with E-state index in [0.29, 0.717) is 18.6 Å². The molecule has 0 heterocycles. The van der Waals surface area contributed by atoms with E-state index in [1.807, 2.05) is 5.32 Å². The van der Waals surface area contributed by atoms with E-state index in [1.54, 1.807) is 0 Å². The van der Waals surface area contributed by atoms with Gasteiger partial charge < -0.3 is 11.1 Å². The van der Waals surface area contributed by atoms with Crippen molar-refractivity contribution in [1.82, 2.24) is 15.5 Å². The van der Waals surface area contributed by atoms with Crippen molar-refractivity contribution in [2.45, 2.75) is 39.8 Å². The van der Waals surface area contributed by atoms with Crippen molar-refractivity contribution in [3.63, 3.8) is 0 Å². The molecule has 0 aromatic rings. The molecule has 100 valence electrons. The number of nitrogens with one attached hydrogen (secondary N) is 2. The number of nitrogens with two attached hydrogens (primary N) is 1. The van der Waals surface area contributed by atoms with Gasteiger partial charge in [0.05, 0.1) is 6.54 Å². The summed E-state index contributed by atoms with van der Waals surface area (Å²) < 4.78 is 0. The molecule has 0 unspecified atom stereocenters. The van der Waals surface area contributed by atoms with Crippen molar-refractivity contribution in [1.29, 1.82) is 0 Å². The summed E-state index contributed by atoms with van der Waals surface area (Å²) in [6.45, 7) is 10.2. The fourth-order valence-electron chi connectivity index (χ4n) is 1.70. The molecule has 4 N–H and O–H groups in total. The summed E-state index contributed by atoms with van der Waals surface area (Å²) in [6.07, 6.45) is 0. The molecule has 0 fully saturated rings. The van der Waals surface area contributed by atoms with Gasteiger partial charge in [0, 0.05) is 25.2 Å². The van der Waals surface area contributed by atoms with Gasteiger partial charge in [0.15, 0.2) is 0 Å². The first-order valence-electron chi connectivity index (χ1n) is 5.90. The fraction of sp³-hybridized carbons (Fsp3) is 0.818. The minimum absolute atomic E-state index is 0.104. The molecule has 0 aliphatic carbocycles. The van der Waals surface area contributed by atoms with Gasteiger partial charge in [-0.15, -0.1) is 0 Å². The third-order valence-corrected chi connectivity index (χ3v) is 2.42. The summed E-state index contributed by atoms with van der Waals surface area (Å²) in [7, 11) is 0. The van der Waals surface area contributed by atoms with Gasteiger partial charge in [-0.25, -0.2) is 4.79 Å². The van der Waals surface area contributed by atoms with E-state index in [9.17, 15) is 9.59 Å². The molecule has 0 aromatic heterocycles. The molecule has 0 rings (SSSR count). The van der Waals surface area contributed by atoms with Gasteiger partial charge in [-0.05, 0) is 27.7 Å². The maximum atomic E-state index is 11.1. The zero-order chi connectivity index (χ0) is 13.4. The molecule has 0 aromatic carbocycles. The van der Waals surface area contributed by atoms with Crippen LogP contribution >= 0.6 is 0 Å². The van der Waals surface area contributed by atoms with Crippen molar-refractivity contribution < 1.29 is 9.59 Å². The molecule has 3 amide bonds. The van der Waals surface area contributed by atoms with E-state index >= 15 is 0 Å². The Kier molecular flexibility index (Phi) is 7.49. The van der Waals surface area contributed by atoms with Gasteiger partial charge in [0.2, 0.25) is 5.91 Å². The third-order valence-electron chi connectivity index (χ3n) is 2.42. The smallest absolute Gasteiger partial charge is 0.318 e. The molecule has 6 nitrogen and oxygen atoms in total. The van der Waals surface area contributed by atoms with Crippen molar-refractivity contribution in [3.8, 4) is 0 Å². The highest BCUT2D eigenvalue weighted by Gasteiger charge is 2.12. The van der Waals surface area contributed by atoms with Crippen LogP contribution in [0.2, 0.25) is 0 Å².